The fraction of sp³-hybridized carbons (Fsp3) is 0.474. The lowest BCUT2D eigenvalue weighted by Crippen LogP contribution is -2.37. The fourth-order valence-electron chi connectivity index (χ4n) is 3.55. The van der Waals surface area contributed by atoms with Gasteiger partial charge in [0.2, 0.25) is 5.91 Å². The predicted molar refractivity (Wildman–Crippen MR) is 96.2 cm³/mol. The van der Waals surface area contributed by atoms with E-state index in [9.17, 15) is 4.79 Å². The van der Waals surface area contributed by atoms with Gasteiger partial charge in [0.1, 0.15) is 0 Å². The van der Waals surface area contributed by atoms with Gasteiger partial charge in [-0.15, -0.1) is 11.3 Å². The van der Waals surface area contributed by atoms with Gasteiger partial charge in [-0.25, -0.2) is 4.98 Å². The van der Waals surface area contributed by atoms with Crippen molar-refractivity contribution in [1.29, 1.82) is 0 Å². The average Bonchev–Trinajstić information content (AvgIpc) is 3.29. The van der Waals surface area contributed by atoms with Crippen molar-refractivity contribution in [3.8, 4) is 0 Å². The normalized spacial score (nSPS) is 26.8. The van der Waals surface area contributed by atoms with Crippen molar-refractivity contribution < 1.29 is 9.53 Å². The molecule has 1 amide bonds. The Bertz CT molecular complexity index is 716. The summed E-state index contributed by atoms with van der Waals surface area (Å²) >= 11 is 1.72. The lowest BCUT2D eigenvalue weighted by atomic mass is 9.82. The van der Waals surface area contributed by atoms with Crippen molar-refractivity contribution in [2.75, 3.05) is 19.8 Å². The quantitative estimate of drug-likeness (QED) is 0.865. The van der Waals surface area contributed by atoms with E-state index in [1.165, 1.54) is 4.70 Å². The number of hydrogen-bond acceptors (Lipinski definition) is 4. The molecule has 1 fully saturated rings. The third-order valence-corrected chi connectivity index (χ3v) is 6.15. The summed E-state index contributed by atoms with van der Waals surface area (Å²) in [7, 11) is 0. The van der Waals surface area contributed by atoms with E-state index in [0.717, 1.165) is 49.5 Å². The molecule has 0 bridgehead atoms. The molecule has 4 rings (SSSR count). The molecule has 2 aromatic rings. The number of allylic oxidation sites excluding steroid dienone is 2. The van der Waals surface area contributed by atoms with E-state index in [1.807, 2.05) is 18.2 Å². The second-order valence-electron chi connectivity index (χ2n) is 6.65. The number of amides is 1. The third-order valence-electron chi connectivity index (χ3n) is 4.99. The van der Waals surface area contributed by atoms with Gasteiger partial charge in [-0.2, -0.15) is 0 Å². The van der Waals surface area contributed by atoms with Crippen molar-refractivity contribution in [3.63, 3.8) is 0 Å². The number of fused-ring (bicyclic) bond motifs is 1. The first-order valence-corrected chi connectivity index (χ1v) is 9.49. The number of nitrogens with one attached hydrogen (secondary N) is 1. The molecular weight excluding hydrogens is 320 g/mol. The maximum Gasteiger partial charge on any atom is 0.224 e. The number of para-hydroxylation sites is 1. The minimum absolute atomic E-state index is 0.0158. The van der Waals surface area contributed by atoms with Crippen LogP contribution in [0.1, 0.15) is 30.2 Å². The summed E-state index contributed by atoms with van der Waals surface area (Å²) < 4.78 is 6.59. The SMILES string of the molecule is O=C(NC[C@@H]1CCOC1)[C@@H]1CC=CC[C@H]1c1nc2ccccc2s1. The zero-order chi connectivity index (χ0) is 16.4. The summed E-state index contributed by atoms with van der Waals surface area (Å²) in [5.74, 6) is 0.801. The number of aromatic nitrogens is 1. The van der Waals surface area contributed by atoms with Gasteiger partial charge in [0.05, 0.1) is 27.7 Å². The Morgan fingerprint density at radius 1 is 1.29 bits per heavy atom. The molecule has 1 N–H and O–H groups in total. The molecule has 1 aliphatic heterocycles. The van der Waals surface area contributed by atoms with Crippen molar-refractivity contribution >= 4 is 27.5 Å². The predicted octanol–water partition coefficient (Wildman–Crippen LogP) is 3.50. The van der Waals surface area contributed by atoms with Gasteiger partial charge in [0, 0.05) is 25.0 Å². The zero-order valence-electron chi connectivity index (χ0n) is 13.6. The molecule has 2 heterocycles. The topological polar surface area (TPSA) is 51.2 Å². The lowest BCUT2D eigenvalue weighted by Gasteiger charge is -2.26. The van der Waals surface area contributed by atoms with Crippen LogP contribution < -0.4 is 5.32 Å². The van der Waals surface area contributed by atoms with Crippen LogP contribution in [0.4, 0.5) is 0 Å². The molecule has 4 nitrogen and oxygen atoms in total. The van der Waals surface area contributed by atoms with Crippen LogP contribution in [-0.2, 0) is 9.53 Å². The first-order valence-electron chi connectivity index (χ1n) is 8.67. The Labute approximate surface area is 145 Å². The summed E-state index contributed by atoms with van der Waals surface area (Å²) in [5, 5.41) is 4.24. The van der Waals surface area contributed by atoms with Crippen molar-refractivity contribution in [3.05, 3.63) is 41.4 Å². The summed E-state index contributed by atoms with van der Waals surface area (Å²) in [4.78, 5) is 17.5. The van der Waals surface area contributed by atoms with Gasteiger partial charge in [-0.3, -0.25) is 4.79 Å². The number of benzene rings is 1. The van der Waals surface area contributed by atoms with Crippen LogP contribution >= 0.6 is 11.3 Å². The molecule has 0 saturated carbocycles. The number of hydrogen-bond donors (Lipinski definition) is 1. The first-order chi connectivity index (χ1) is 11.8. The Hall–Kier alpha value is -1.72. The Morgan fingerprint density at radius 3 is 3.00 bits per heavy atom. The highest BCUT2D eigenvalue weighted by Gasteiger charge is 2.32. The van der Waals surface area contributed by atoms with Crippen LogP contribution in [0.5, 0.6) is 0 Å². The Kier molecular flexibility index (Phi) is 4.63. The second-order valence-corrected chi connectivity index (χ2v) is 7.71. The molecular formula is C19H22N2O2S. The molecule has 0 spiro atoms. The van der Waals surface area contributed by atoms with Gasteiger partial charge in [0.25, 0.3) is 0 Å². The number of thiazole rings is 1. The highest BCUT2D eigenvalue weighted by atomic mass is 32.1. The maximum atomic E-state index is 12.7. The fourth-order valence-corrected chi connectivity index (χ4v) is 4.69. The Morgan fingerprint density at radius 2 is 2.17 bits per heavy atom. The summed E-state index contributed by atoms with van der Waals surface area (Å²) in [6.45, 7) is 2.32. The molecule has 1 saturated heterocycles. The largest absolute Gasteiger partial charge is 0.381 e. The average molecular weight is 342 g/mol. The van der Waals surface area contributed by atoms with Crippen LogP contribution in [0.15, 0.2) is 36.4 Å². The van der Waals surface area contributed by atoms with Gasteiger partial charge in [-0.05, 0) is 31.4 Å². The van der Waals surface area contributed by atoms with Crippen molar-refractivity contribution in [1.82, 2.24) is 10.3 Å². The maximum absolute atomic E-state index is 12.7. The number of carbonyl (C=O) groups is 1. The Balaban J connectivity index is 1.49. The highest BCUT2D eigenvalue weighted by Crippen LogP contribution is 2.38. The summed E-state index contributed by atoms with van der Waals surface area (Å²) in [6.07, 6.45) is 7.06. The van der Waals surface area contributed by atoms with Gasteiger partial charge in [0.15, 0.2) is 0 Å². The number of nitrogens with zero attached hydrogens (tertiary/aromatic N) is 1. The molecule has 5 heteroatoms. The standard InChI is InChI=1S/C19H22N2O2S/c22-18(20-11-13-9-10-23-12-13)14-5-1-2-6-15(14)19-21-16-7-3-4-8-17(16)24-19/h1-4,7-8,13-15H,5-6,9-12H2,(H,20,22)/t13-,14+,15+/m0/s1. The zero-order valence-corrected chi connectivity index (χ0v) is 14.4. The smallest absolute Gasteiger partial charge is 0.224 e. The van der Waals surface area contributed by atoms with E-state index in [4.69, 9.17) is 9.72 Å². The molecule has 0 radical (unpaired) electrons. The van der Waals surface area contributed by atoms with E-state index < -0.39 is 0 Å². The molecule has 1 aromatic heterocycles. The van der Waals surface area contributed by atoms with E-state index in [0.29, 0.717) is 5.92 Å². The third kappa shape index (κ3) is 3.23. The molecule has 2 aliphatic rings. The number of carbonyl (C=O) groups excluding carboxylic acids is 1. The molecule has 1 aliphatic carbocycles. The van der Waals surface area contributed by atoms with Crippen LogP contribution in [0.25, 0.3) is 10.2 Å². The number of rotatable bonds is 4. The van der Waals surface area contributed by atoms with E-state index in [2.05, 4.69) is 23.5 Å². The summed E-state index contributed by atoms with van der Waals surface area (Å²) in [5.41, 5.74) is 1.04. The second kappa shape index (κ2) is 7.03. The molecule has 24 heavy (non-hydrogen) atoms. The van der Waals surface area contributed by atoms with Gasteiger partial charge in [-0.1, -0.05) is 24.3 Å². The van der Waals surface area contributed by atoms with Gasteiger partial charge < -0.3 is 10.1 Å². The van der Waals surface area contributed by atoms with Crippen LogP contribution in [0, 0.1) is 11.8 Å². The molecule has 1 aromatic carbocycles. The molecule has 3 atom stereocenters. The molecule has 126 valence electrons. The number of ether oxygens (including phenoxy) is 1. The van der Waals surface area contributed by atoms with Gasteiger partial charge >= 0.3 is 0 Å². The monoisotopic (exact) mass is 342 g/mol. The van der Waals surface area contributed by atoms with E-state index >= 15 is 0 Å². The van der Waals surface area contributed by atoms with E-state index in [1.54, 1.807) is 11.3 Å². The summed E-state index contributed by atoms with van der Waals surface area (Å²) in [6, 6.07) is 8.20. The van der Waals surface area contributed by atoms with E-state index in [-0.39, 0.29) is 17.7 Å². The minimum atomic E-state index is -0.0158. The van der Waals surface area contributed by atoms with Crippen LogP contribution in [-0.4, -0.2) is 30.6 Å². The van der Waals surface area contributed by atoms with Crippen LogP contribution in [0.2, 0.25) is 0 Å². The first kappa shape index (κ1) is 15.8. The van der Waals surface area contributed by atoms with Crippen molar-refractivity contribution in [2.24, 2.45) is 11.8 Å². The minimum Gasteiger partial charge on any atom is -0.381 e. The van der Waals surface area contributed by atoms with Crippen LogP contribution in [0.3, 0.4) is 0 Å². The lowest BCUT2D eigenvalue weighted by molar-refractivity contribution is -0.125. The molecule has 0 unspecified atom stereocenters. The highest BCUT2D eigenvalue weighted by molar-refractivity contribution is 7.18. The van der Waals surface area contributed by atoms with Crippen molar-refractivity contribution in [2.45, 2.75) is 25.2 Å².